The highest BCUT2D eigenvalue weighted by atomic mass is 19.1. The average Bonchev–Trinajstić information content (AvgIpc) is 2.60. The van der Waals surface area contributed by atoms with E-state index in [1.165, 1.54) is 12.1 Å². The molecular formula is C12H13F2N3. The fraction of sp³-hybridized carbons (Fsp3) is 0.250. The molecule has 17 heavy (non-hydrogen) atoms. The molecule has 1 aromatic heterocycles. The summed E-state index contributed by atoms with van der Waals surface area (Å²) in [5, 5.41) is 2.95. The second-order valence-electron chi connectivity index (χ2n) is 3.81. The van der Waals surface area contributed by atoms with E-state index in [1.54, 1.807) is 7.05 Å². The van der Waals surface area contributed by atoms with Crippen LogP contribution in [-0.2, 0) is 6.54 Å². The van der Waals surface area contributed by atoms with Crippen molar-refractivity contribution in [2.45, 2.75) is 13.5 Å². The summed E-state index contributed by atoms with van der Waals surface area (Å²) in [6, 6.07) is 3.49. The monoisotopic (exact) mass is 237 g/mol. The molecule has 0 aliphatic heterocycles. The maximum absolute atomic E-state index is 13.6. The van der Waals surface area contributed by atoms with Gasteiger partial charge in [-0.3, -0.25) is 0 Å². The zero-order valence-electron chi connectivity index (χ0n) is 9.64. The number of H-pyrrole nitrogens is 1. The number of aromatic amines is 1. The van der Waals surface area contributed by atoms with Crippen LogP contribution in [0.5, 0.6) is 0 Å². The molecule has 0 saturated heterocycles. The molecule has 90 valence electrons. The van der Waals surface area contributed by atoms with Crippen molar-refractivity contribution < 1.29 is 8.78 Å². The third-order valence-corrected chi connectivity index (χ3v) is 2.46. The molecule has 1 heterocycles. The molecule has 0 spiro atoms. The zero-order valence-corrected chi connectivity index (χ0v) is 9.64. The van der Waals surface area contributed by atoms with Crippen LogP contribution in [0.3, 0.4) is 0 Å². The lowest BCUT2D eigenvalue weighted by Gasteiger charge is -2.00. The number of rotatable bonds is 3. The number of hydrogen-bond acceptors (Lipinski definition) is 2. The number of benzene rings is 1. The lowest BCUT2D eigenvalue weighted by atomic mass is 10.1. The van der Waals surface area contributed by atoms with Crippen LogP contribution >= 0.6 is 0 Å². The predicted molar refractivity (Wildman–Crippen MR) is 61.4 cm³/mol. The van der Waals surface area contributed by atoms with Gasteiger partial charge in [0.05, 0.1) is 12.2 Å². The van der Waals surface area contributed by atoms with Gasteiger partial charge < -0.3 is 10.3 Å². The van der Waals surface area contributed by atoms with E-state index < -0.39 is 11.6 Å². The Morgan fingerprint density at radius 1 is 1.35 bits per heavy atom. The normalized spacial score (nSPS) is 10.8. The van der Waals surface area contributed by atoms with Gasteiger partial charge in [-0.15, -0.1) is 0 Å². The summed E-state index contributed by atoms with van der Waals surface area (Å²) in [6.07, 6.45) is 0. The molecule has 2 N–H and O–H groups in total. The summed E-state index contributed by atoms with van der Waals surface area (Å²) in [5.41, 5.74) is 1.59. The Morgan fingerprint density at radius 2 is 2.12 bits per heavy atom. The van der Waals surface area contributed by atoms with Crippen molar-refractivity contribution in [3.8, 4) is 11.3 Å². The number of aromatic nitrogens is 2. The number of halogens is 2. The SMILES string of the molecule is CNCc1nc(-c2ccc(F)cc2F)c(C)[nH]1. The average molecular weight is 237 g/mol. The van der Waals surface area contributed by atoms with Crippen molar-refractivity contribution in [1.29, 1.82) is 0 Å². The van der Waals surface area contributed by atoms with Crippen molar-refractivity contribution >= 4 is 0 Å². The third-order valence-electron chi connectivity index (χ3n) is 2.46. The molecule has 1 aromatic carbocycles. The predicted octanol–water partition coefficient (Wildman–Crippen LogP) is 2.38. The second-order valence-corrected chi connectivity index (χ2v) is 3.81. The molecule has 2 rings (SSSR count). The van der Waals surface area contributed by atoms with Crippen LogP contribution in [0, 0.1) is 18.6 Å². The van der Waals surface area contributed by atoms with E-state index in [9.17, 15) is 8.78 Å². The van der Waals surface area contributed by atoms with Gasteiger partial charge in [0, 0.05) is 17.3 Å². The van der Waals surface area contributed by atoms with Crippen molar-refractivity contribution in [3.63, 3.8) is 0 Å². The molecule has 0 fully saturated rings. The van der Waals surface area contributed by atoms with Crippen molar-refractivity contribution in [2.75, 3.05) is 7.05 Å². The van der Waals surface area contributed by atoms with E-state index in [0.717, 1.165) is 17.6 Å². The summed E-state index contributed by atoms with van der Waals surface area (Å²) in [5.74, 6) is -0.464. The van der Waals surface area contributed by atoms with Gasteiger partial charge in [0.25, 0.3) is 0 Å². The Bertz CT molecular complexity index is 535. The fourth-order valence-corrected chi connectivity index (χ4v) is 1.72. The Morgan fingerprint density at radius 3 is 2.76 bits per heavy atom. The number of imidazole rings is 1. The largest absolute Gasteiger partial charge is 0.344 e. The topological polar surface area (TPSA) is 40.7 Å². The molecule has 0 bridgehead atoms. The van der Waals surface area contributed by atoms with E-state index in [2.05, 4.69) is 15.3 Å². The van der Waals surface area contributed by atoms with E-state index in [-0.39, 0.29) is 0 Å². The first-order chi connectivity index (χ1) is 8.11. The quantitative estimate of drug-likeness (QED) is 0.860. The number of aryl methyl sites for hydroxylation is 1. The molecule has 0 aliphatic rings. The van der Waals surface area contributed by atoms with E-state index in [4.69, 9.17) is 0 Å². The summed E-state index contributed by atoms with van der Waals surface area (Å²) >= 11 is 0. The highest BCUT2D eigenvalue weighted by molar-refractivity contribution is 5.62. The molecule has 0 saturated carbocycles. The summed E-state index contributed by atoms with van der Waals surface area (Å²) < 4.78 is 26.4. The Hall–Kier alpha value is -1.75. The number of hydrogen-bond donors (Lipinski definition) is 2. The highest BCUT2D eigenvalue weighted by Gasteiger charge is 2.13. The first-order valence-electron chi connectivity index (χ1n) is 5.27. The van der Waals surface area contributed by atoms with Gasteiger partial charge in [-0.05, 0) is 26.1 Å². The highest BCUT2D eigenvalue weighted by Crippen LogP contribution is 2.24. The van der Waals surface area contributed by atoms with Gasteiger partial charge in [0.2, 0.25) is 0 Å². The molecule has 0 radical (unpaired) electrons. The van der Waals surface area contributed by atoms with Crippen LogP contribution in [0.2, 0.25) is 0 Å². The molecule has 0 unspecified atom stereocenters. The molecule has 2 aromatic rings. The van der Waals surface area contributed by atoms with Gasteiger partial charge in [-0.25, -0.2) is 13.8 Å². The Balaban J connectivity index is 2.45. The maximum atomic E-state index is 13.6. The smallest absolute Gasteiger partial charge is 0.135 e. The van der Waals surface area contributed by atoms with Gasteiger partial charge in [-0.2, -0.15) is 0 Å². The molecule has 0 aliphatic carbocycles. The van der Waals surface area contributed by atoms with Crippen molar-refractivity contribution in [1.82, 2.24) is 15.3 Å². The molecule has 0 amide bonds. The fourth-order valence-electron chi connectivity index (χ4n) is 1.72. The first-order valence-corrected chi connectivity index (χ1v) is 5.27. The number of nitrogens with zero attached hydrogens (tertiary/aromatic N) is 1. The van der Waals surface area contributed by atoms with Crippen LogP contribution in [-0.4, -0.2) is 17.0 Å². The molecule has 5 heteroatoms. The summed E-state index contributed by atoms with van der Waals surface area (Å²) in [4.78, 5) is 7.33. The van der Waals surface area contributed by atoms with Crippen LogP contribution in [0.15, 0.2) is 18.2 Å². The lowest BCUT2D eigenvalue weighted by molar-refractivity contribution is 0.585. The van der Waals surface area contributed by atoms with Crippen LogP contribution in [0.4, 0.5) is 8.78 Å². The summed E-state index contributed by atoms with van der Waals surface area (Å²) in [6.45, 7) is 2.38. The van der Waals surface area contributed by atoms with Crippen molar-refractivity contribution in [2.24, 2.45) is 0 Å². The first kappa shape index (κ1) is 11.7. The van der Waals surface area contributed by atoms with Gasteiger partial charge in [0.1, 0.15) is 17.5 Å². The lowest BCUT2D eigenvalue weighted by Crippen LogP contribution is -2.06. The molecule has 3 nitrogen and oxygen atoms in total. The van der Waals surface area contributed by atoms with E-state index >= 15 is 0 Å². The third kappa shape index (κ3) is 2.34. The van der Waals surface area contributed by atoms with Crippen LogP contribution in [0.1, 0.15) is 11.5 Å². The van der Waals surface area contributed by atoms with Gasteiger partial charge >= 0.3 is 0 Å². The van der Waals surface area contributed by atoms with Crippen molar-refractivity contribution in [3.05, 3.63) is 41.4 Å². The minimum Gasteiger partial charge on any atom is -0.344 e. The maximum Gasteiger partial charge on any atom is 0.135 e. The minimum atomic E-state index is -0.601. The second kappa shape index (κ2) is 4.63. The van der Waals surface area contributed by atoms with E-state index in [1.807, 2.05) is 6.92 Å². The molecule has 0 atom stereocenters. The molecular weight excluding hydrogens is 224 g/mol. The standard InChI is InChI=1S/C12H13F2N3/c1-7-12(17-11(16-7)6-15-2)9-4-3-8(13)5-10(9)14/h3-5,15H,6H2,1-2H3,(H,16,17). The number of nitrogens with one attached hydrogen (secondary N) is 2. The van der Waals surface area contributed by atoms with Gasteiger partial charge in [-0.1, -0.05) is 0 Å². The Kier molecular flexibility index (Phi) is 3.19. The van der Waals surface area contributed by atoms with Crippen LogP contribution < -0.4 is 5.32 Å². The van der Waals surface area contributed by atoms with E-state index in [0.29, 0.717) is 17.8 Å². The Labute approximate surface area is 97.9 Å². The summed E-state index contributed by atoms with van der Waals surface area (Å²) in [7, 11) is 1.80. The zero-order chi connectivity index (χ0) is 12.4. The van der Waals surface area contributed by atoms with Gasteiger partial charge in [0.15, 0.2) is 0 Å². The van der Waals surface area contributed by atoms with Crippen LogP contribution in [0.25, 0.3) is 11.3 Å². The minimum absolute atomic E-state index is 0.308.